The maximum absolute atomic E-state index is 3.98. The van der Waals surface area contributed by atoms with E-state index < -0.39 is 0 Å². The molecule has 0 aliphatic rings. The first kappa shape index (κ1) is 8.37. The zero-order chi connectivity index (χ0) is 5.82. The summed E-state index contributed by atoms with van der Waals surface area (Å²) >= 11 is 0. The van der Waals surface area contributed by atoms with Gasteiger partial charge in [0.15, 0.2) is 0 Å². The van der Waals surface area contributed by atoms with Gasteiger partial charge in [0.25, 0.3) is 0 Å². The Morgan fingerprint density at radius 3 is 2.56 bits per heavy atom. The summed E-state index contributed by atoms with van der Waals surface area (Å²) in [4.78, 5) is 3.98. The Bertz CT molecular complexity index is 172. The molecule has 0 aromatic carbocycles. The minimum Gasteiger partial charge on any atom is -0.257 e. The predicted octanol–water partition coefficient (Wildman–Crippen LogP) is 2.30. The van der Waals surface area contributed by atoms with Gasteiger partial charge in [-0.3, -0.25) is 4.98 Å². The minimum atomic E-state index is 0. The first-order valence-corrected chi connectivity index (χ1v) is 2.47. The summed E-state index contributed by atoms with van der Waals surface area (Å²) in [5, 5.41) is 0. The molecule has 1 rings (SSSR count). The second-order valence-electron chi connectivity index (χ2n) is 1.46. The van der Waals surface area contributed by atoms with E-state index in [1.54, 1.807) is 12.3 Å². The van der Waals surface area contributed by atoms with Crippen molar-refractivity contribution in [3.05, 3.63) is 36.7 Å². The summed E-state index contributed by atoms with van der Waals surface area (Å²) in [6.45, 7) is 3.57. The van der Waals surface area contributed by atoms with Crippen molar-refractivity contribution in [2.24, 2.45) is 0 Å². The van der Waals surface area contributed by atoms with Gasteiger partial charge in [0.1, 0.15) is 0 Å². The molecule has 0 amide bonds. The number of aromatic nitrogens is 1. The molecule has 0 N–H and O–H groups in total. The molecule has 0 fully saturated rings. The quantitative estimate of drug-likeness (QED) is 0.655. The molecule has 0 saturated heterocycles. The average molecular weight is 186 g/mol. The molecule has 0 spiro atoms. The molecule has 2 heteroatoms. The van der Waals surface area contributed by atoms with E-state index in [1.807, 2.05) is 18.2 Å². The topological polar surface area (TPSA) is 12.9 Å². The number of halogens is 1. The molecule has 9 heavy (non-hydrogen) atoms. The Balaban J connectivity index is 0.000000640. The van der Waals surface area contributed by atoms with Crippen LogP contribution in [0.25, 0.3) is 6.08 Å². The first-order valence-electron chi connectivity index (χ1n) is 2.47. The van der Waals surface area contributed by atoms with Crippen LogP contribution in [0.5, 0.6) is 0 Å². The van der Waals surface area contributed by atoms with Crippen LogP contribution in [-0.4, -0.2) is 4.98 Å². The van der Waals surface area contributed by atoms with Crippen LogP contribution in [0.1, 0.15) is 5.69 Å². The molecule has 1 heterocycles. The Labute approximate surface area is 65.2 Å². The van der Waals surface area contributed by atoms with Gasteiger partial charge in [-0.05, 0) is 18.2 Å². The zero-order valence-corrected chi connectivity index (χ0v) is 6.66. The summed E-state index contributed by atoms with van der Waals surface area (Å²) in [6.07, 6.45) is 3.47. The van der Waals surface area contributed by atoms with Crippen molar-refractivity contribution in [2.75, 3.05) is 0 Å². The number of hydrogen-bond acceptors (Lipinski definition) is 1. The molecule has 0 atom stereocenters. The van der Waals surface area contributed by atoms with Gasteiger partial charge < -0.3 is 0 Å². The Kier molecular flexibility index (Phi) is 3.97. The van der Waals surface area contributed by atoms with Gasteiger partial charge in [-0.15, -0.1) is 17.0 Å². The Morgan fingerprint density at radius 1 is 1.44 bits per heavy atom. The molecule has 0 bridgehead atoms. The normalized spacial score (nSPS) is 7.56. The molecule has 0 aliphatic heterocycles. The molecule has 0 aliphatic carbocycles. The van der Waals surface area contributed by atoms with Crippen molar-refractivity contribution in [3.8, 4) is 0 Å². The average Bonchev–Trinajstić information content (AvgIpc) is 1.90. The fraction of sp³-hybridized carbons (Fsp3) is 0. The lowest BCUT2D eigenvalue weighted by molar-refractivity contribution is 1.30. The van der Waals surface area contributed by atoms with Crippen molar-refractivity contribution < 1.29 is 0 Å². The maximum Gasteiger partial charge on any atom is 0.0623 e. The molecular weight excluding hydrogens is 178 g/mol. The molecule has 1 aromatic rings. The lowest BCUT2D eigenvalue weighted by Crippen LogP contribution is -1.73. The summed E-state index contributed by atoms with van der Waals surface area (Å²) < 4.78 is 0. The monoisotopic (exact) mass is 185 g/mol. The summed E-state index contributed by atoms with van der Waals surface area (Å²) in [6, 6.07) is 5.73. The number of hydrogen-bond donors (Lipinski definition) is 0. The van der Waals surface area contributed by atoms with E-state index in [4.69, 9.17) is 0 Å². The van der Waals surface area contributed by atoms with Crippen LogP contribution in [0, 0.1) is 0 Å². The first-order chi connectivity index (χ1) is 3.93. The fourth-order valence-electron chi connectivity index (χ4n) is 0.497. The number of nitrogens with zero attached hydrogens (tertiary/aromatic N) is 1. The largest absolute Gasteiger partial charge is 0.257 e. The van der Waals surface area contributed by atoms with E-state index in [-0.39, 0.29) is 17.0 Å². The highest BCUT2D eigenvalue weighted by Crippen LogP contribution is 1.91. The van der Waals surface area contributed by atoms with Crippen LogP contribution in [0.15, 0.2) is 31.0 Å². The minimum absolute atomic E-state index is 0. The maximum atomic E-state index is 3.98. The number of rotatable bonds is 1. The van der Waals surface area contributed by atoms with Crippen LogP contribution in [0.4, 0.5) is 0 Å². The molecule has 1 aromatic heterocycles. The smallest absolute Gasteiger partial charge is 0.0623 e. The third kappa shape index (κ3) is 2.42. The van der Waals surface area contributed by atoms with Crippen LogP contribution in [-0.2, 0) is 0 Å². The third-order valence-corrected chi connectivity index (χ3v) is 0.897. The van der Waals surface area contributed by atoms with E-state index in [2.05, 4.69) is 11.6 Å². The lowest BCUT2D eigenvalue weighted by atomic mass is 10.4. The van der Waals surface area contributed by atoms with Gasteiger partial charge in [-0.2, -0.15) is 0 Å². The fourth-order valence-corrected chi connectivity index (χ4v) is 0.497. The van der Waals surface area contributed by atoms with E-state index in [9.17, 15) is 0 Å². The molecule has 1 nitrogen and oxygen atoms in total. The van der Waals surface area contributed by atoms with Crippen molar-refractivity contribution >= 4 is 23.1 Å². The van der Waals surface area contributed by atoms with E-state index in [1.165, 1.54) is 0 Å². The van der Waals surface area contributed by atoms with Gasteiger partial charge in [0, 0.05) is 6.20 Å². The van der Waals surface area contributed by atoms with E-state index in [0.717, 1.165) is 5.69 Å². The Hall–Kier alpha value is -0.630. The standard InChI is InChI=1S/C7H7N.BrH/c1-2-7-5-3-4-6-8-7;/h2-6H,1H2;1H. The van der Waals surface area contributed by atoms with Gasteiger partial charge in [0.2, 0.25) is 0 Å². The predicted molar refractivity (Wildman–Crippen MR) is 44.7 cm³/mol. The van der Waals surface area contributed by atoms with Crippen LogP contribution < -0.4 is 0 Å². The van der Waals surface area contributed by atoms with E-state index in [0.29, 0.717) is 0 Å². The number of pyridine rings is 1. The van der Waals surface area contributed by atoms with Crippen LogP contribution in [0.2, 0.25) is 0 Å². The molecule has 0 saturated carbocycles. The lowest BCUT2D eigenvalue weighted by Gasteiger charge is -1.84. The molecule has 0 unspecified atom stereocenters. The van der Waals surface area contributed by atoms with Crippen molar-refractivity contribution in [1.82, 2.24) is 4.98 Å². The second-order valence-corrected chi connectivity index (χ2v) is 1.46. The molecule has 48 valence electrons. The Morgan fingerprint density at radius 2 is 2.22 bits per heavy atom. The summed E-state index contributed by atoms with van der Waals surface area (Å²) in [5.41, 5.74) is 0.924. The molecular formula is C7H8BrN. The highest BCUT2D eigenvalue weighted by Gasteiger charge is 1.77. The van der Waals surface area contributed by atoms with Crippen LogP contribution in [0.3, 0.4) is 0 Å². The van der Waals surface area contributed by atoms with Crippen molar-refractivity contribution in [3.63, 3.8) is 0 Å². The SMILES string of the molecule is Br.C=Cc1ccccn1. The summed E-state index contributed by atoms with van der Waals surface area (Å²) in [7, 11) is 0. The van der Waals surface area contributed by atoms with Crippen LogP contribution >= 0.6 is 17.0 Å². The second kappa shape index (κ2) is 4.27. The zero-order valence-electron chi connectivity index (χ0n) is 4.95. The van der Waals surface area contributed by atoms with E-state index >= 15 is 0 Å². The highest BCUT2D eigenvalue weighted by molar-refractivity contribution is 8.93. The molecule has 0 radical (unpaired) electrons. The van der Waals surface area contributed by atoms with Crippen molar-refractivity contribution in [2.45, 2.75) is 0 Å². The van der Waals surface area contributed by atoms with Crippen molar-refractivity contribution in [1.29, 1.82) is 0 Å². The van der Waals surface area contributed by atoms with Gasteiger partial charge in [0.05, 0.1) is 5.69 Å². The summed E-state index contributed by atoms with van der Waals surface area (Å²) in [5.74, 6) is 0. The highest BCUT2D eigenvalue weighted by atomic mass is 79.9. The van der Waals surface area contributed by atoms with Gasteiger partial charge >= 0.3 is 0 Å². The van der Waals surface area contributed by atoms with Gasteiger partial charge in [-0.1, -0.05) is 12.6 Å². The third-order valence-electron chi connectivity index (χ3n) is 0.897. The van der Waals surface area contributed by atoms with Gasteiger partial charge in [-0.25, -0.2) is 0 Å².